The molecule has 0 aromatic carbocycles. The van der Waals surface area contributed by atoms with Gasteiger partial charge in [-0.25, -0.2) is 0 Å². The van der Waals surface area contributed by atoms with E-state index in [1.54, 1.807) is 0 Å². The molecule has 0 spiro atoms. The number of rotatable bonds is 1. The van der Waals surface area contributed by atoms with Crippen LogP contribution in [-0.4, -0.2) is 24.3 Å². The van der Waals surface area contributed by atoms with Crippen LogP contribution in [0.15, 0.2) is 0 Å². The first kappa shape index (κ1) is 11.4. The van der Waals surface area contributed by atoms with Crippen LogP contribution in [0.25, 0.3) is 0 Å². The Morgan fingerprint density at radius 3 is 2.47 bits per heavy atom. The lowest BCUT2D eigenvalue weighted by Crippen LogP contribution is -2.45. The monoisotopic (exact) mass is 211 g/mol. The molecule has 0 aliphatic heterocycles. The van der Waals surface area contributed by atoms with Crippen molar-refractivity contribution in [2.75, 3.05) is 7.05 Å². The Labute approximate surface area is 93.5 Å². The molecule has 2 nitrogen and oxygen atoms in total. The van der Waals surface area contributed by atoms with E-state index in [4.69, 9.17) is 0 Å². The van der Waals surface area contributed by atoms with Gasteiger partial charge in [0.05, 0.1) is 6.10 Å². The second-order valence-electron chi connectivity index (χ2n) is 5.46. The number of hydrogen-bond donors (Lipinski definition) is 2. The first-order chi connectivity index (χ1) is 7.31. The lowest BCUT2D eigenvalue weighted by Gasteiger charge is -2.34. The van der Waals surface area contributed by atoms with E-state index in [-0.39, 0.29) is 6.10 Å². The standard InChI is InChI=1S/C13H25NO/c1-14-13-11-7-3-2-5-10(6-4-8-11)9-12(13)15/h10-15H,2-9H2,1H3. The predicted octanol–water partition coefficient (Wildman–Crippen LogP) is 2.32. The third kappa shape index (κ3) is 2.73. The van der Waals surface area contributed by atoms with Gasteiger partial charge in [0.1, 0.15) is 0 Å². The molecule has 0 amide bonds. The van der Waals surface area contributed by atoms with Crippen molar-refractivity contribution in [3.05, 3.63) is 0 Å². The van der Waals surface area contributed by atoms with Crippen molar-refractivity contribution >= 4 is 0 Å². The van der Waals surface area contributed by atoms with Gasteiger partial charge in [-0.05, 0) is 38.1 Å². The summed E-state index contributed by atoms with van der Waals surface area (Å²) in [7, 11) is 2.01. The van der Waals surface area contributed by atoms with Crippen molar-refractivity contribution in [2.45, 2.75) is 63.5 Å². The highest BCUT2D eigenvalue weighted by atomic mass is 16.3. The highest BCUT2D eigenvalue weighted by Crippen LogP contribution is 2.34. The van der Waals surface area contributed by atoms with E-state index < -0.39 is 0 Å². The van der Waals surface area contributed by atoms with Gasteiger partial charge >= 0.3 is 0 Å². The van der Waals surface area contributed by atoms with Crippen LogP contribution in [-0.2, 0) is 0 Å². The molecule has 0 aromatic heterocycles. The molecule has 0 aromatic rings. The van der Waals surface area contributed by atoms with Crippen LogP contribution in [0.2, 0.25) is 0 Å². The van der Waals surface area contributed by atoms with Gasteiger partial charge in [0.25, 0.3) is 0 Å². The van der Waals surface area contributed by atoms with E-state index in [2.05, 4.69) is 5.32 Å². The molecular formula is C13H25NO. The molecule has 2 N–H and O–H groups in total. The zero-order valence-corrected chi connectivity index (χ0v) is 9.91. The van der Waals surface area contributed by atoms with Gasteiger partial charge in [-0.15, -0.1) is 0 Å². The Kier molecular flexibility index (Phi) is 4.04. The van der Waals surface area contributed by atoms with E-state index in [1.807, 2.05) is 7.05 Å². The zero-order valence-electron chi connectivity index (χ0n) is 9.91. The van der Waals surface area contributed by atoms with Crippen molar-refractivity contribution in [2.24, 2.45) is 11.8 Å². The third-order valence-corrected chi connectivity index (χ3v) is 4.46. The molecule has 0 heterocycles. The summed E-state index contributed by atoms with van der Waals surface area (Å²) in [5.41, 5.74) is 0. The number of hydrogen-bond acceptors (Lipinski definition) is 2. The van der Waals surface area contributed by atoms with Gasteiger partial charge < -0.3 is 10.4 Å². The number of fused-ring (bicyclic) bond motifs is 7. The Morgan fingerprint density at radius 1 is 1.00 bits per heavy atom. The molecule has 3 rings (SSSR count). The van der Waals surface area contributed by atoms with Crippen molar-refractivity contribution in [1.82, 2.24) is 5.32 Å². The average molecular weight is 211 g/mol. The Balaban J connectivity index is 2.12. The van der Waals surface area contributed by atoms with Gasteiger partial charge in [-0.3, -0.25) is 0 Å². The summed E-state index contributed by atoms with van der Waals surface area (Å²) >= 11 is 0. The molecule has 15 heavy (non-hydrogen) atoms. The van der Waals surface area contributed by atoms with Crippen LogP contribution in [0.4, 0.5) is 0 Å². The molecule has 0 radical (unpaired) electrons. The normalized spacial score (nSPS) is 42.8. The van der Waals surface area contributed by atoms with Crippen LogP contribution >= 0.6 is 0 Å². The van der Waals surface area contributed by atoms with Gasteiger partial charge in [0, 0.05) is 6.04 Å². The summed E-state index contributed by atoms with van der Waals surface area (Å²) in [4.78, 5) is 0. The highest BCUT2D eigenvalue weighted by Gasteiger charge is 2.31. The third-order valence-electron chi connectivity index (χ3n) is 4.46. The van der Waals surface area contributed by atoms with Crippen LogP contribution in [0.3, 0.4) is 0 Å². The topological polar surface area (TPSA) is 32.3 Å². The van der Waals surface area contributed by atoms with Crippen molar-refractivity contribution < 1.29 is 5.11 Å². The molecule has 2 bridgehead atoms. The van der Waals surface area contributed by atoms with Crippen LogP contribution in [0, 0.1) is 11.8 Å². The van der Waals surface area contributed by atoms with Crippen molar-refractivity contribution in [1.29, 1.82) is 0 Å². The largest absolute Gasteiger partial charge is 0.391 e. The molecule has 3 fully saturated rings. The van der Waals surface area contributed by atoms with Gasteiger partial charge in [0.15, 0.2) is 0 Å². The zero-order chi connectivity index (χ0) is 10.7. The number of aliphatic hydroxyl groups excluding tert-OH is 1. The van der Waals surface area contributed by atoms with Crippen LogP contribution in [0.5, 0.6) is 0 Å². The maximum atomic E-state index is 10.2. The van der Waals surface area contributed by atoms with E-state index >= 15 is 0 Å². The lowest BCUT2D eigenvalue weighted by atomic mass is 9.80. The molecule has 0 saturated heterocycles. The molecule has 3 saturated carbocycles. The molecule has 3 aliphatic carbocycles. The van der Waals surface area contributed by atoms with Crippen LogP contribution < -0.4 is 5.32 Å². The lowest BCUT2D eigenvalue weighted by molar-refractivity contribution is 0.0627. The average Bonchev–Trinajstić information content (AvgIpc) is 2.34. The first-order valence-corrected chi connectivity index (χ1v) is 6.66. The van der Waals surface area contributed by atoms with Gasteiger partial charge in [-0.2, -0.15) is 0 Å². The fourth-order valence-corrected chi connectivity index (χ4v) is 3.62. The molecule has 3 aliphatic rings. The van der Waals surface area contributed by atoms with Crippen LogP contribution in [0.1, 0.15) is 51.4 Å². The van der Waals surface area contributed by atoms with E-state index in [1.165, 1.54) is 44.9 Å². The van der Waals surface area contributed by atoms with Gasteiger partial charge in [0.2, 0.25) is 0 Å². The maximum absolute atomic E-state index is 10.2. The Morgan fingerprint density at radius 2 is 1.67 bits per heavy atom. The number of nitrogens with one attached hydrogen (secondary N) is 1. The quantitative estimate of drug-likeness (QED) is 0.697. The smallest absolute Gasteiger partial charge is 0.0698 e. The van der Waals surface area contributed by atoms with Crippen molar-refractivity contribution in [3.63, 3.8) is 0 Å². The van der Waals surface area contributed by atoms with E-state index in [0.29, 0.717) is 12.0 Å². The molecule has 2 heteroatoms. The first-order valence-electron chi connectivity index (χ1n) is 6.66. The fraction of sp³-hybridized carbons (Fsp3) is 1.00. The second kappa shape index (κ2) is 5.31. The predicted molar refractivity (Wildman–Crippen MR) is 62.8 cm³/mol. The molecule has 4 unspecified atom stereocenters. The molecular weight excluding hydrogens is 186 g/mol. The Bertz CT molecular complexity index is 191. The summed E-state index contributed by atoms with van der Waals surface area (Å²) in [6, 6.07) is 0.353. The summed E-state index contributed by atoms with van der Waals surface area (Å²) < 4.78 is 0. The minimum absolute atomic E-state index is 0.108. The van der Waals surface area contributed by atoms with E-state index in [9.17, 15) is 5.11 Å². The molecule has 4 atom stereocenters. The summed E-state index contributed by atoms with van der Waals surface area (Å²) in [6.07, 6.45) is 10.4. The Hall–Kier alpha value is -0.0800. The minimum Gasteiger partial charge on any atom is -0.391 e. The molecule has 88 valence electrons. The maximum Gasteiger partial charge on any atom is 0.0698 e. The summed E-state index contributed by atoms with van der Waals surface area (Å²) in [5, 5.41) is 13.6. The van der Waals surface area contributed by atoms with E-state index in [0.717, 1.165) is 12.3 Å². The van der Waals surface area contributed by atoms with Crippen molar-refractivity contribution in [3.8, 4) is 0 Å². The number of likely N-dealkylation sites (N-methyl/N-ethyl adjacent to an activating group) is 1. The fourth-order valence-electron chi connectivity index (χ4n) is 3.62. The second-order valence-corrected chi connectivity index (χ2v) is 5.46. The SMILES string of the molecule is CNC1C(O)CC2CCCCC1CCC2. The van der Waals surface area contributed by atoms with Gasteiger partial charge in [-0.1, -0.05) is 32.1 Å². The highest BCUT2D eigenvalue weighted by molar-refractivity contribution is 4.87. The number of aliphatic hydroxyl groups is 1. The summed E-state index contributed by atoms with van der Waals surface area (Å²) in [6.45, 7) is 0. The summed E-state index contributed by atoms with van der Waals surface area (Å²) in [5.74, 6) is 1.50. The minimum atomic E-state index is -0.108.